The van der Waals surface area contributed by atoms with Gasteiger partial charge in [0.25, 0.3) is 10.0 Å². The maximum absolute atomic E-state index is 13.1. The number of methoxy groups -OCH3 is 1. The van der Waals surface area contributed by atoms with Gasteiger partial charge in [-0.05, 0) is 43.2 Å². The molecule has 4 nitrogen and oxygen atoms in total. The number of anilines is 1. The van der Waals surface area contributed by atoms with E-state index in [4.69, 9.17) is 4.74 Å². The van der Waals surface area contributed by atoms with Crippen LogP contribution in [0.25, 0.3) is 0 Å². The molecular formula is C18H19NO3S. The van der Waals surface area contributed by atoms with E-state index >= 15 is 0 Å². The van der Waals surface area contributed by atoms with Gasteiger partial charge in [0.15, 0.2) is 0 Å². The highest BCUT2D eigenvalue weighted by atomic mass is 32.2. The Bertz CT molecular complexity index is 826. The Kier molecular flexibility index (Phi) is 4.13. The largest absolute Gasteiger partial charge is 0.505 e. The predicted molar refractivity (Wildman–Crippen MR) is 90.9 cm³/mol. The molecule has 0 fully saturated rings. The van der Waals surface area contributed by atoms with Crippen LogP contribution >= 0.6 is 0 Å². The monoisotopic (exact) mass is 329 g/mol. The Balaban J connectivity index is 2.09. The second-order valence-electron chi connectivity index (χ2n) is 5.58. The topological polar surface area (TPSA) is 46.6 Å². The molecule has 0 amide bonds. The molecule has 0 N–H and O–H groups in total. The van der Waals surface area contributed by atoms with Crippen LogP contribution in [-0.2, 0) is 21.2 Å². The van der Waals surface area contributed by atoms with Crippen LogP contribution in [0.5, 0.6) is 0 Å². The first-order chi connectivity index (χ1) is 11.0. The maximum atomic E-state index is 13.1. The highest BCUT2D eigenvalue weighted by Gasteiger charge is 2.37. The van der Waals surface area contributed by atoms with Crippen LogP contribution in [0.4, 0.5) is 5.69 Å². The number of rotatable bonds is 4. The SMILES string of the molecule is CO/C=C/C1Cc2ccccc2N1S(=O)(=O)c1ccc(C)cc1. The average Bonchev–Trinajstić information content (AvgIpc) is 2.92. The molecule has 120 valence electrons. The van der Waals surface area contributed by atoms with Crippen molar-refractivity contribution >= 4 is 15.7 Å². The summed E-state index contributed by atoms with van der Waals surface area (Å²) in [4.78, 5) is 0.301. The fourth-order valence-corrected chi connectivity index (χ4v) is 4.48. The van der Waals surface area contributed by atoms with Crippen LogP contribution in [0, 0.1) is 6.92 Å². The lowest BCUT2D eigenvalue weighted by Crippen LogP contribution is -2.36. The smallest absolute Gasteiger partial charge is 0.264 e. The molecule has 1 heterocycles. The molecule has 5 heteroatoms. The van der Waals surface area contributed by atoms with Crippen molar-refractivity contribution in [2.24, 2.45) is 0 Å². The summed E-state index contributed by atoms with van der Waals surface area (Å²) in [7, 11) is -2.07. The van der Waals surface area contributed by atoms with Gasteiger partial charge in [-0.15, -0.1) is 0 Å². The van der Waals surface area contributed by atoms with Crippen molar-refractivity contribution in [3.05, 3.63) is 72.0 Å². The van der Waals surface area contributed by atoms with Crippen LogP contribution in [-0.4, -0.2) is 21.6 Å². The number of hydrogen-bond donors (Lipinski definition) is 0. The van der Waals surface area contributed by atoms with Gasteiger partial charge >= 0.3 is 0 Å². The van der Waals surface area contributed by atoms with Crippen LogP contribution < -0.4 is 4.31 Å². The second kappa shape index (κ2) is 6.08. The fourth-order valence-electron chi connectivity index (χ4n) is 2.83. The van der Waals surface area contributed by atoms with Gasteiger partial charge in [0, 0.05) is 0 Å². The third kappa shape index (κ3) is 2.84. The zero-order valence-corrected chi connectivity index (χ0v) is 14.0. The Morgan fingerprint density at radius 1 is 1.13 bits per heavy atom. The molecule has 2 aromatic carbocycles. The normalized spacial score (nSPS) is 17.5. The molecule has 0 spiro atoms. The number of aryl methyl sites for hydroxylation is 1. The molecule has 0 saturated heterocycles. The molecule has 1 unspecified atom stereocenters. The maximum Gasteiger partial charge on any atom is 0.264 e. The van der Waals surface area contributed by atoms with Crippen molar-refractivity contribution in [3.8, 4) is 0 Å². The Morgan fingerprint density at radius 3 is 2.52 bits per heavy atom. The van der Waals surface area contributed by atoms with Crippen LogP contribution in [0.1, 0.15) is 11.1 Å². The number of nitrogens with zero attached hydrogens (tertiary/aromatic N) is 1. The Labute approximate surface area is 137 Å². The standard InChI is InChI=1S/C18H19NO3S/c1-14-7-9-17(10-8-14)23(20,21)19-16(11-12-22-2)13-15-5-3-4-6-18(15)19/h3-12,16H,13H2,1-2H3/b12-11+. The van der Waals surface area contributed by atoms with Gasteiger partial charge in [-0.25, -0.2) is 8.42 Å². The summed E-state index contributed by atoms with van der Waals surface area (Å²) in [6.07, 6.45) is 3.96. The molecule has 3 rings (SSSR count). The van der Waals surface area contributed by atoms with Crippen molar-refractivity contribution in [2.45, 2.75) is 24.3 Å². The first kappa shape index (κ1) is 15.6. The number of ether oxygens (including phenoxy) is 1. The molecule has 2 aromatic rings. The third-order valence-corrected chi connectivity index (χ3v) is 5.83. The Hall–Kier alpha value is -2.27. The summed E-state index contributed by atoms with van der Waals surface area (Å²) in [6.45, 7) is 1.94. The van der Waals surface area contributed by atoms with E-state index in [1.54, 1.807) is 25.3 Å². The number of hydrogen-bond acceptors (Lipinski definition) is 3. The van der Waals surface area contributed by atoms with E-state index in [-0.39, 0.29) is 6.04 Å². The van der Waals surface area contributed by atoms with Gasteiger partial charge in [-0.1, -0.05) is 35.9 Å². The predicted octanol–water partition coefficient (Wildman–Crippen LogP) is 3.28. The summed E-state index contributed by atoms with van der Waals surface area (Å²) >= 11 is 0. The minimum Gasteiger partial charge on any atom is -0.505 e. The van der Waals surface area contributed by atoms with Gasteiger partial charge in [-0.3, -0.25) is 4.31 Å². The van der Waals surface area contributed by atoms with Crippen LogP contribution in [0.15, 0.2) is 65.8 Å². The van der Waals surface area contributed by atoms with Crippen molar-refractivity contribution in [1.82, 2.24) is 0 Å². The molecular weight excluding hydrogens is 310 g/mol. The fraction of sp³-hybridized carbons (Fsp3) is 0.222. The van der Waals surface area contributed by atoms with Gasteiger partial charge in [0.2, 0.25) is 0 Å². The van der Waals surface area contributed by atoms with Crippen LogP contribution in [0.3, 0.4) is 0 Å². The van der Waals surface area contributed by atoms with Gasteiger partial charge in [0.05, 0.1) is 30.0 Å². The highest BCUT2D eigenvalue weighted by molar-refractivity contribution is 7.92. The van der Waals surface area contributed by atoms with Gasteiger partial charge in [0.1, 0.15) is 0 Å². The second-order valence-corrected chi connectivity index (χ2v) is 7.39. The molecule has 23 heavy (non-hydrogen) atoms. The van der Waals surface area contributed by atoms with E-state index in [0.717, 1.165) is 16.8 Å². The summed E-state index contributed by atoms with van der Waals surface area (Å²) in [5.74, 6) is 0. The van der Waals surface area contributed by atoms with Crippen molar-refractivity contribution in [3.63, 3.8) is 0 Å². The van der Waals surface area contributed by atoms with Gasteiger partial charge < -0.3 is 4.74 Å². The first-order valence-corrected chi connectivity index (χ1v) is 8.86. The van der Waals surface area contributed by atoms with Crippen molar-refractivity contribution in [1.29, 1.82) is 0 Å². The minimum absolute atomic E-state index is 0.279. The van der Waals surface area contributed by atoms with Gasteiger partial charge in [-0.2, -0.15) is 0 Å². The van der Waals surface area contributed by atoms with E-state index < -0.39 is 10.0 Å². The zero-order chi connectivity index (χ0) is 16.4. The lowest BCUT2D eigenvalue weighted by atomic mass is 10.1. The van der Waals surface area contributed by atoms with E-state index in [0.29, 0.717) is 11.3 Å². The summed E-state index contributed by atoms with van der Waals surface area (Å²) in [5.41, 5.74) is 2.79. The summed E-state index contributed by atoms with van der Waals surface area (Å²) in [6, 6.07) is 14.3. The minimum atomic E-state index is -3.62. The van der Waals surface area contributed by atoms with E-state index in [1.165, 1.54) is 10.6 Å². The van der Waals surface area contributed by atoms with Crippen molar-refractivity contribution < 1.29 is 13.2 Å². The summed E-state index contributed by atoms with van der Waals surface area (Å²) < 4.78 is 32.7. The molecule has 0 radical (unpaired) electrons. The molecule has 1 atom stereocenters. The van der Waals surface area contributed by atoms with E-state index in [2.05, 4.69) is 0 Å². The molecule has 0 aromatic heterocycles. The average molecular weight is 329 g/mol. The lowest BCUT2D eigenvalue weighted by molar-refractivity contribution is 0.335. The molecule has 1 aliphatic heterocycles. The first-order valence-electron chi connectivity index (χ1n) is 7.42. The quantitative estimate of drug-likeness (QED) is 0.809. The zero-order valence-electron chi connectivity index (χ0n) is 13.1. The molecule has 0 saturated carbocycles. The molecule has 0 bridgehead atoms. The Morgan fingerprint density at radius 2 is 1.83 bits per heavy atom. The summed E-state index contributed by atoms with van der Waals surface area (Å²) in [5, 5.41) is 0. The number of sulfonamides is 1. The molecule has 0 aliphatic carbocycles. The van der Waals surface area contributed by atoms with Crippen LogP contribution in [0.2, 0.25) is 0 Å². The number of fused-ring (bicyclic) bond motifs is 1. The third-order valence-electron chi connectivity index (χ3n) is 3.97. The molecule has 1 aliphatic rings. The number of para-hydroxylation sites is 1. The van der Waals surface area contributed by atoms with E-state index in [9.17, 15) is 8.42 Å². The van der Waals surface area contributed by atoms with E-state index in [1.807, 2.05) is 43.3 Å². The highest BCUT2D eigenvalue weighted by Crippen LogP contribution is 2.37. The lowest BCUT2D eigenvalue weighted by Gasteiger charge is -2.25. The number of benzene rings is 2. The van der Waals surface area contributed by atoms with Crippen molar-refractivity contribution in [2.75, 3.05) is 11.4 Å².